The molecule has 0 saturated heterocycles. The van der Waals surface area contributed by atoms with E-state index >= 15 is 0 Å². The van der Waals surface area contributed by atoms with Crippen molar-refractivity contribution in [3.05, 3.63) is 29.6 Å². The fourth-order valence-corrected chi connectivity index (χ4v) is 2.60. The van der Waals surface area contributed by atoms with Crippen LogP contribution >= 0.6 is 0 Å². The van der Waals surface area contributed by atoms with Crippen LogP contribution in [0.4, 0.5) is 4.39 Å². The molecule has 1 aromatic rings. The van der Waals surface area contributed by atoms with E-state index in [1.54, 1.807) is 13.8 Å². The Labute approximate surface area is 101 Å². The molecule has 0 radical (unpaired) electrons. The minimum atomic E-state index is -3.77. The van der Waals surface area contributed by atoms with Crippen LogP contribution in [0.1, 0.15) is 18.9 Å². The molecule has 0 aliphatic carbocycles. The van der Waals surface area contributed by atoms with Crippen LogP contribution in [-0.4, -0.2) is 26.2 Å². The molecule has 6 heteroatoms. The van der Waals surface area contributed by atoms with Gasteiger partial charge in [0.05, 0.1) is 11.5 Å². The summed E-state index contributed by atoms with van der Waals surface area (Å²) in [6.07, 6.45) is 0.462. The normalized spacial score (nSPS) is 13.6. The van der Waals surface area contributed by atoms with Crippen molar-refractivity contribution in [2.24, 2.45) is 0 Å². The largest absolute Gasteiger partial charge is 0.395 e. The molecule has 0 fully saturated rings. The van der Waals surface area contributed by atoms with Gasteiger partial charge in [-0.05, 0) is 31.0 Å². The predicted molar refractivity (Wildman–Crippen MR) is 62.6 cm³/mol. The van der Waals surface area contributed by atoms with Gasteiger partial charge in [-0.25, -0.2) is 17.5 Å². The molecule has 0 aromatic heterocycles. The average molecular weight is 261 g/mol. The summed E-state index contributed by atoms with van der Waals surface area (Å²) in [6.45, 7) is 3.02. The van der Waals surface area contributed by atoms with Crippen molar-refractivity contribution < 1.29 is 17.9 Å². The molecular formula is C11H16FNO3S. The predicted octanol–water partition coefficient (Wildman–Crippen LogP) is 1.18. The monoisotopic (exact) mass is 261 g/mol. The summed E-state index contributed by atoms with van der Waals surface area (Å²) in [5, 5.41) is 8.93. The van der Waals surface area contributed by atoms with E-state index in [2.05, 4.69) is 4.72 Å². The summed E-state index contributed by atoms with van der Waals surface area (Å²) in [4.78, 5) is -0.132. The van der Waals surface area contributed by atoms with Crippen LogP contribution in [0, 0.1) is 12.7 Å². The third kappa shape index (κ3) is 3.49. The van der Waals surface area contributed by atoms with E-state index in [0.717, 1.165) is 6.07 Å². The highest BCUT2D eigenvalue weighted by atomic mass is 32.2. The molecule has 0 spiro atoms. The molecule has 0 aliphatic heterocycles. The molecule has 0 amide bonds. The molecule has 2 N–H and O–H groups in total. The highest BCUT2D eigenvalue weighted by Gasteiger charge is 2.19. The average Bonchev–Trinajstić information content (AvgIpc) is 2.29. The lowest BCUT2D eigenvalue weighted by molar-refractivity contribution is 0.254. The number of nitrogens with one attached hydrogen (secondary N) is 1. The molecule has 0 saturated carbocycles. The maximum atomic E-state index is 13.3. The van der Waals surface area contributed by atoms with Crippen molar-refractivity contribution in [1.82, 2.24) is 4.72 Å². The molecule has 4 nitrogen and oxygen atoms in total. The summed E-state index contributed by atoms with van der Waals surface area (Å²) in [6, 6.07) is 3.17. The van der Waals surface area contributed by atoms with Gasteiger partial charge >= 0.3 is 0 Å². The Balaban J connectivity index is 3.01. The standard InChI is InChI=1S/C11H16FNO3S/c1-3-9(7-14)13-17(15,16)10-5-4-8(2)11(12)6-10/h4-6,9,13-14H,3,7H2,1-2H3/t9-/m0/s1. The number of aliphatic hydroxyl groups is 1. The number of hydrogen-bond acceptors (Lipinski definition) is 3. The van der Waals surface area contributed by atoms with Crippen LogP contribution in [0.3, 0.4) is 0 Å². The summed E-state index contributed by atoms with van der Waals surface area (Å²) in [7, 11) is -3.77. The number of sulfonamides is 1. The zero-order valence-electron chi connectivity index (χ0n) is 9.77. The van der Waals surface area contributed by atoms with E-state index in [-0.39, 0.29) is 11.5 Å². The van der Waals surface area contributed by atoms with Gasteiger partial charge in [-0.3, -0.25) is 0 Å². The van der Waals surface area contributed by atoms with Gasteiger partial charge in [0, 0.05) is 6.04 Å². The Morgan fingerprint density at radius 1 is 1.47 bits per heavy atom. The summed E-state index contributed by atoms with van der Waals surface area (Å²) < 4.78 is 39.3. The van der Waals surface area contributed by atoms with Gasteiger partial charge in [0.2, 0.25) is 10.0 Å². The number of aryl methyl sites for hydroxylation is 1. The van der Waals surface area contributed by atoms with Gasteiger partial charge in [0.25, 0.3) is 0 Å². The van der Waals surface area contributed by atoms with Gasteiger partial charge in [0.1, 0.15) is 5.82 Å². The second kappa shape index (κ2) is 5.57. The maximum Gasteiger partial charge on any atom is 0.241 e. The zero-order valence-corrected chi connectivity index (χ0v) is 10.6. The van der Waals surface area contributed by atoms with Crippen LogP contribution in [0.25, 0.3) is 0 Å². The van der Waals surface area contributed by atoms with E-state index in [1.807, 2.05) is 0 Å². The molecule has 0 heterocycles. The highest BCUT2D eigenvalue weighted by molar-refractivity contribution is 7.89. The second-order valence-electron chi connectivity index (χ2n) is 3.82. The van der Waals surface area contributed by atoms with E-state index in [0.29, 0.717) is 12.0 Å². The quantitative estimate of drug-likeness (QED) is 0.836. The number of benzene rings is 1. The Bertz CT molecular complexity index is 483. The van der Waals surface area contributed by atoms with Gasteiger partial charge in [-0.15, -0.1) is 0 Å². The molecule has 1 atom stereocenters. The van der Waals surface area contributed by atoms with Gasteiger partial charge in [0.15, 0.2) is 0 Å². The van der Waals surface area contributed by atoms with Crippen LogP contribution in [0.5, 0.6) is 0 Å². The minimum absolute atomic E-state index is 0.132. The molecule has 1 rings (SSSR count). The van der Waals surface area contributed by atoms with E-state index < -0.39 is 21.9 Å². The number of rotatable bonds is 5. The third-order valence-electron chi connectivity index (χ3n) is 2.49. The lowest BCUT2D eigenvalue weighted by Crippen LogP contribution is -2.36. The highest BCUT2D eigenvalue weighted by Crippen LogP contribution is 2.14. The SMILES string of the molecule is CC[C@@H](CO)NS(=O)(=O)c1ccc(C)c(F)c1. The van der Waals surface area contributed by atoms with Gasteiger partial charge in [-0.2, -0.15) is 0 Å². The van der Waals surface area contributed by atoms with Crippen molar-refractivity contribution in [2.45, 2.75) is 31.2 Å². The van der Waals surface area contributed by atoms with Crippen molar-refractivity contribution in [3.8, 4) is 0 Å². The van der Waals surface area contributed by atoms with E-state index in [4.69, 9.17) is 5.11 Å². The molecule has 0 unspecified atom stereocenters. The van der Waals surface area contributed by atoms with Crippen LogP contribution < -0.4 is 4.72 Å². The summed E-state index contributed by atoms with van der Waals surface area (Å²) in [5.41, 5.74) is 0.387. The molecule has 0 aliphatic rings. The smallest absolute Gasteiger partial charge is 0.241 e. The molecule has 1 aromatic carbocycles. The Morgan fingerprint density at radius 3 is 2.59 bits per heavy atom. The van der Waals surface area contributed by atoms with Gasteiger partial charge in [-0.1, -0.05) is 13.0 Å². The van der Waals surface area contributed by atoms with Crippen LogP contribution in [0.15, 0.2) is 23.1 Å². The van der Waals surface area contributed by atoms with Crippen LogP contribution in [0.2, 0.25) is 0 Å². The Hall–Kier alpha value is -0.980. The first kappa shape index (κ1) is 14.1. The van der Waals surface area contributed by atoms with Crippen molar-refractivity contribution in [2.75, 3.05) is 6.61 Å². The first-order valence-corrected chi connectivity index (χ1v) is 6.78. The zero-order chi connectivity index (χ0) is 13.1. The Morgan fingerprint density at radius 2 is 2.12 bits per heavy atom. The first-order valence-electron chi connectivity index (χ1n) is 5.30. The maximum absolute atomic E-state index is 13.3. The van der Waals surface area contributed by atoms with Crippen molar-refractivity contribution >= 4 is 10.0 Å². The van der Waals surface area contributed by atoms with Gasteiger partial charge < -0.3 is 5.11 Å². The first-order chi connectivity index (χ1) is 7.90. The lowest BCUT2D eigenvalue weighted by atomic mass is 10.2. The minimum Gasteiger partial charge on any atom is -0.395 e. The fraction of sp³-hybridized carbons (Fsp3) is 0.455. The van der Waals surface area contributed by atoms with Crippen LogP contribution in [-0.2, 0) is 10.0 Å². The molecule has 0 bridgehead atoms. The number of aliphatic hydroxyl groups excluding tert-OH is 1. The number of halogens is 1. The molecular weight excluding hydrogens is 245 g/mol. The fourth-order valence-electron chi connectivity index (χ4n) is 1.28. The third-order valence-corrected chi connectivity index (χ3v) is 4.01. The molecule has 96 valence electrons. The lowest BCUT2D eigenvalue weighted by Gasteiger charge is -2.14. The van der Waals surface area contributed by atoms with E-state index in [9.17, 15) is 12.8 Å². The Kier molecular flexibility index (Phi) is 4.62. The topological polar surface area (TPSA) is 66.4 Å². The van der Waals surface area contributed by atoms with Crippen molar-refractivity contribution in [3.63, 3.8) is 0 Å². The number of hydrogen-bond donors (Lipinski definition) is 2. The van der Waals surface area contributed by atoms with Crippen molar-refractivity contribution in [1.29, 1.82) is 0 Å². The summed E-state index contributed by atoms with van der Waals surface area (Å²) >= 11 is 0. The molecule has 17 heavy (non-hydrogen) atoms. The van der Waals surface area contributed by atoms with E-state index in [1.165, 1.54) is 12.1 Å². The summed E-state index contributed by atoms with van der Waals surface area (Å²) in [5.74, 6) is -0.565. The second-order valence-corrected chi connectivity index (χ2v) is 5.53.